The first kappa shape index (κ1) is 17.5. The molecule has 0 aliphatic carbocycles. The van der Waals surface area contributed by atoms with Crippen molar-refractivity contribution in [3.05, 3.63) is 35.4 Å². The van der Waals surface area contributed by atoms with Gasteiger partial charge in [0, 0.05) is 6.04 Å². The molecule has 1 aliphatic heterocycles. The molecule has 0 saturated carbocycles. The lowest BCUT2D eigenvalue weighted by molar-refractivity contribution is -0.130. The third-order valence-electron chi connectivity index (χ3n) is 4.24. The zero-order valence-corrected chi connectivity index (χ0v) is 14.1. The molecule has 0 fully saturated rings. The van der Waals surface area contributed by atoms with Crippen LogP contribution in [0.3, 0.4) is 0 Å². The summed E-state index contributed by atoms with van der Waals surface area (Å²) < 4.78 is 5.74. The summed E-state index contributed by atoms with van der Waals surface area (Å²) >= 11 is 0. The Morgan fingerprint density at radius 2 is 2.00 bits per heavy atom. The molecule has 0 bridgehead atoms. The fraction of sp³-hybridized carbons (Fsp3) is 0.556. The van der Waals surface area contributed by atoms with E-state index >= 15 is 0 Å². The van der Waals surface area contributed by atoms with Crippen LogP contribution in [-0.4, -0.2) is 30.5 Å². The third-order valence-corrected chi connectivity index (χ3v) is 4.24. The van der Waals surface area contributed by atoms with Crippen LogP contribution >= 0.6 is 0 Å². The minimum atomic E-state index is -0.546. The van der Waals surface area contributed by atoms with E-state index in [-0.39, 0.29) is 30.4 Å². The molecule has 0 radical (unpaired) electrons. The van der Waals surface area contributed by atoms with Crippen LogP contribution in [0.15, 0.2) is 24.3 Å². The highest BCUT2D eigenvalue weighted by molar-refractivity contribution is 5.87. The summed E-state index contributed by atoms with van der Waals surface area (Å²) in [5, 5.41) is 5.63. The minimum Gasteiger partial charge on any atom is -0.373 e. The van der Waals surface area contributed by atoms with Gasteiger partial charge >= 0.3 is 0 Å². The monoisotopic (exact) mass is 318 g/mol. The van der Waals surface area contributed by atoms with E-state index in [1.807, 2.05) is 32.0 Å². The molecule has 23 heavy (non-hydrogen) atoms. The molecule has 1 aliphatic rings. The number of rotatable bonds is 6. The second kappa shape index (κ2) is 8.11. The maximum absolute atomic E-state index is 12.2. The quantitative estimate of drug-likeness (QED) is 0.844. The lowest BCUT2D eigenvalue weighted by atomic mass is 9.95. The number of hydrogen-bond acceptors (Lipinski definition) is 3. The summed E-state index contributed by atoms with van der Waals surface area (Å²) in [6.07, 6.45) is 1.74. The largest absolute Gasteiger partial charge is 0.373 e. The van der Waals surface area contributed by atoms with Crippen molar-refractivity contribution in [2.24, 2.45) is 0 Å². The zero-order chi connectivity index (χ0) is 16.8. The lowest BCUT2D eigenvalue weighted by Crippen LogP contribution is -2.47. The number of carbonyl (C=O) groups excluding carboxylic acids is 2. The Balaban J connectivity index is 1.89. The zero-order valence-electron chi connectivity index (χ0n) is 14.1. The van der Waals surface area contributed by atoms with E-state index in [0.29, 0.717) is 6.61 Å². The molecule has 3 unspecified atom stereocenters. The summed E-state index contributed by atoms with van der Waals surface area (Å²) in [7, 11) is 0. The van der Waals surface area contributed by atoms with E-state index in [0.717, 1.165) is 18.4 Å². The van der Waals surface area contributed by atoms with Crippen molar-refractivity contribution >= 4 is 11.8 Å². The molecule has 3 atom stereocenters. The number of nitrogens with one attached hydrogen (secondary N) is 2. The molecular weight excluding hydrogens is 292 g/mol. The molecule has 0 spiro atoms. The molecule has 5 heteroatoms. The fourth-order valence-electron chi connectivity index (χ4n) is 2.65. The smallest absolute Gasteiger partial charge is 0.242 e. The first-order valence-corrected chi connectivity index (χ1v) is 8.30. The second-order valence-electron chi connectivity index (χ2n) is 6.12. The Kier molecular flexibility index (Phi) is 6.16. The summed E-state index contributed by atoms with van der Waals surface area (Å²) in [6, 6.07) is 7.60. The van der Waals surface area contributed by atoms with Gasteiger partial charge in [0.1, 0.15) is 6.04 Å². The van der Waals surface area contributed by atoms with Gasteiger partial charge in [-0.3, -0.25) is 9.59 Å². The highest BCUT2D eigenvalue weighted by atomic mass is 16.5. The number of ether oxygens (including phenoxy) is 1. The summed E-state index contributed by atoms with van der Waals surface area (Å²) in [5.41, 5.74) is 2.31. The molecule has 0 saturated heterocycles. The van der Waals surface area contributed by atoms with E-state index in [2.05, 4.69) is 16.7 Å². The molecule has 126 valence electrons. The highest BCUT2D eigenvalue weighted by Crippen LogP contribution is 2.29. The molecule has 1 heterocycles. The lowest BCUT2D eigenvalue weighted by Gasteiger charge is -2.26. The van der Waals surface area contributed by atoms with Crippen LogP contribution in [0.1, 0.15) is 50.8 Å². The van der Waals surface area contributed by atoms with E-state index in [1.54, 1.807) is 6.92 Å². The molecule has 0 aromatic heterocycles. The third kappa shape index (κ3) is 4.79. The van der Waals surface area contributed by atoms with Gasteiger partial charge in [-0.05, 0) is 37.8 Å². The maximum Gasteiger partial charge on any atom is 0.242 e. The molecule has 1 aromatic rings. The van der Waals surface area contributed by atoms with Crippen LogP contribution in [0.5, 0.6) is 0 Å². The van der Waals surface area contributed by atoms with Gasteiger partial charge in [-0.2, -0.15) is 0 Å². The molecule has 2 N–H and O–H groups in total. The predicted octanol–water partition coefficient (Wildman–Crippen LogP) is 2.11. The first-order chi connectivity index (χ1) is 11.0. The van der Waals surface area contributed by atoms with Crippen molar-refractivity contribution in [3.8, 4) is 0 Å². The van der Waals surface area contributed by atoms with Crippen LogP contribution < -0.4 is 10.6 Å². The molecule has 2 rings (SSSR count). The maximum atomic E-state index is 12.2. The summed E-state index contributed by atoms with van der Waals surface area (Å²) in [6.45, 7) is 6.27. The second-order valence-corrected chi connectivity index (χ2v) is 6.12. The Morgan fingerprint density at radius 1 is 1.26 bits per heavy atom. The number of carbonyl (C=O) groups is 2. The Labute approximate surface area is 137 Å². The van der Waals surface area contributed by atoms with Gasteiger partial charge in [-0.1, -0.05) is 31.2 Å². The van der Waals surface area contributed by atoms with Gasteiger partial charge in [-0.15, -0.1) is 0 Å². The van der Waals surface area contributed by atoms with Crippen LogP contribution in [0.4, 0.5) is 0 Å². The van der Waals surface area contributed by atoms with Gasteiger partial charge < -0.3 is 15.4 Å². The number of amides is 2. The van der Waals surface area contributed by atoms with E-state index < -0.39 is 6.04 Å². The van der Waals surface area contributed by atoms with Crippen molar-refractivity contribution in [2.75, 3.05) is 6.61 Å². The summed E-state index contributed by atoms with van der Waals surface area (Å²) in [5.74, 6) is -0.323. The van der Waals surface area contributed by atoms with Gasteiger partial charge in [0.15, 0.2) is 0 Å². The van der Waals surface area contributed by atoms with Gasteiger partial charge in [0.05, 0.1) is 19.1 Å². The van der Waals surface area contributed by atoms with Gasteiger partial charge in [-0.25, -0.2) is 0 Å². The van der Waals surface area contributed by atoms with Crippen molar-refractivity contribution in [3.63, 3.8) is 0 Å². The van der Waals surface area contributed by atoms with Crippen LogP contribution in [0.2, 0.25) is 0 Å². The molecule has 5 nitrogen and oxygen atoms in total. The van der Waals surface area contributed by atoms with Gasteiger partial charge in [0.2, 0.25) is 11.8 Å². The highest BCUT2D eigenvalue weighted by Gasteiger charge is 2.24. The summed E-state index contributed by atoms with van der Waals surface area (Å²) in [4.78, 5) is 24.2. The fourth-order valence-corrected chi connectivity index (χ4v) is 2.65. The average Bonchev–Trinajstić information content (AvgIpc) is 2.54. The minimum absolute atomic E-state index is 0.107. The Morgan fingerprint density at radius 3 is 2.74 bits per heavy atom. The van der Waals surface area contributed by atoms with Crippen LogP contribution in [0.25, 0.3) is 0 Å². The molecule has 1 aromatic carbocycles. The SMILES string of the molecule is CCC(C)NC(=O)C(C)NC(=O)CC1OCCc2ccccc21. The van der Waals surface area contributed by atoms with Crippen molar-refractivity contribution in [1.29, 1.82) is 0 Å². The van der Waals surface area contributed by atoms with Crippen molar-refractivity contribution in [2.45, 2.75) is 58.2 Å². The Bertz CT molecular complexity index is 559. The standard InChI is InChI=1S/C18H26N2O3/c1-4-12(2)19-18(22)13(3)20-17(21)11-16-15-8-6-5-7-14(15)9-10-23-16/h5-8,12-13,16H,4,9-11H2,1-3H3,(H,19,22)(H,20,21). The van der Waals surface area contributed by atoms with Crippen molar-refractivity contribution in [1.82, 2.24) is 10.6 Å². The van der Waals surface area contributed by atoms with Crippen LogP contribution in [-0.2, 0) is 20.7 Å². The van der Waals surface area contributed by atoms with E-state index in [4.69, 9.17) is 4.74 Å². The normalized spacial score (nSPS) is 19.3. The number of fused-ring (bicyclic) bond motifs is 1. The Hall–Kier alpha value is -1.88. The molecular formula is C18H26N2O3. The van der Waals surface area contributed by atoms with E-state index in [1.165, 1.54) is 5.56 Å². The number of benzene rings is 1. The van der Waals surface area contributed by atoms with Crippen molar-refractivity contribution < 1.29 is 14.3 Å². The predicted molar refractivity (Wildman–Crippen MR) is 89.0 cm³/mol. The van der Waals surface area contributed by atoms with Crippen LogP contribution in [0, 0.1) is 0 Å². The first-order valence-electron chi connectivity index (χ1n) is 8.30. The number of hydrogen-bond donors (Lipinski definition) is 2. The average molecular weight is 318 g/mol. The van der Waals surface area contributed by atoms with Gasteiger partial charge in [0.25, 0.3) is 0 Å². The van der Waals surface area contributed by atoms with E-state index in [9.17, 15) is 9.59 Å². The molecule has 2 amide bonds. The topological polar surface area (TPSA) is 67.4 Å².